The predicted octanol–water partition coefficient (Wildman–Crippen LogP) is 4.47. The first kappa shape index (κ1) is 24.7. The lowest BCUT2D eigenvalue weighted by atomic mass is 10.0. The summed E-state index contributed by atoms with van der Waals surface area (Å²) in [6.07, 6.45) is 15.0. The third-order valence-corrected chi connectivity index (χ3v) is 4.89. The molecule has 1 unspecified atom stereocenters. The predicted molar refractivity (Wildman–Crippen MR) is 101 cm³/mol. The quantitative estimate of drug-likeness (QED) is 0.239. The van der Waals surface area contributed by atoms with Gasteiger partial charge in [-0.3, -0.25) is 9.32 Å². The molecule has 0 saturated carbocycles. The maximum Gasteiger partial charge on any atom is 0.470 e. The first-order valence-electron chi connectivity index (χ1n) is 9.87. The molecule has 0 spiro atoms. The first-order valence-corrected chi connectivity index (χ1v) is 11.4. The molecule has 0 radical (unpaired) electrons. The molecule has 0 fully saturated rings. The normalized spacial score (nSPS) is 13.1. The van der Waals surface area contributed by atoms with Crippen LogP contribution in [0.2, 0.25) is 0 Å². The molecule has 25 heavy (non-hydrogen) atoms. The third kappa shape index (κ3) is 16.9. The van der Waals surface area contributed by atoms with E-state index in [1.165, 1.54) is 64.2 Å². The number of nitrogens with two attached hydrogens (primary N) is 1. The molecule has 0 aromatic heterocycles. The van der Waals surface area contributed by atoms with Gasteiger partial charge in [0.1, 0.15) is 6.10 Å². The Morgan fingerprint density at radius 3 is 1.64 bits per heavy atom. The summed E-state index contributed by atoms with van der Waals surface area (Å²) in [6, 6.07) is 0. The average Bonchev–Trinajstić information content (AvgIpc) is 2.55. The van der Waals surface area contributed by atoms with Crippen LogP contribution in [-0.2, 0) is 13.9 Å². The Hall–Kier alpha value is -0.260. The van der Waals surface area contributed by atoms with E-state index < -0.39 is 13.9 Å². The summed E-state index contributed by atoms with van der Waals surface area (Å²) >= 11 is 0. The van der Waals surface area contributed by atoms with Crippen LogP contribution in [0.5, 0.6) is 0 Å². The van der Waals surface area contributed by atoms with Gasteiger partial charge in [-0.05, 0) is 6.42 Å². The summed E-state index contributed by atoms with van der Waals surface area (Å²) in [5.74, 6) is -0.325. The van der Waals surface area contributed by atoms with Gasteiger partial charge in [-0.25, -0.2) is 4.57 Å². The van der Waals surface area contributed by atoms with Crippen molar-refractivity contribution < 1.29 is 23.7 Å². The standard InChI is InChI=1S/C18H38NO5P/c1-2-3-4-5-6-7-8-9-10-11-12-13-14-15-17(20)18(16-19)24-25(21,22)23/h18H,2-16,19H2,1H3,(H2,21,22,23). The number of carbonyl (C=O) groups excluding carboxylic acids is 1. The molecule has 1 atom stereocenters. The molecule has 4 N–H and O–H groups in total. The molecule has 0 saturated heterocycles. The van der Waals surface area contributed by atoms with Gasteiger partial charge in [0.2, 0.25) is 0 Å². The van der Waals surface area contributed by atoms with Gasteiger partial charge in [0.25, 0.3) is 0 Å². The molecule has 7 heteroatoms. The summed E-state index contributed by atoms with van der Waals surface area (Å²) in [4.78, 5) is 29.3. The van der Waals surface area contributed by atoms with E-state index in [0.29, 0.717) is 0 Å². The monoisotopic (exact) mass is 379 g/mol. The van der Waals surface area contributed by atoms with Crippen molar-refractivity contribution >= 4 is 13.6 Å². The Kier molecular flexibility index (Phi) is 15.8. The Morgan fingerprint density at radius 2 is 1.28 bits per heavy atom. The van der Waals surface area contributed by atoms with E-state index in [-0.39, 0.29) is 18.7 Å². The van der Waals surface area contributed by atoms with E-state index in [2.05, 4.69) is 11.4 Å². The van der Waals surface area contributed by atoms with Gasteiger partial charge in [-0.2, -0.15) is 0 Å². The van der Waals surface area contributed by atoms with E-state index in [9.17, 15) is 9.36 Å². The zero-order valence-corrected chi connectivity index (χ0v) is 16.7. The van der Waals surface area contributed by atoms with Crippen molar-refractivity contribution in [2.24, 2.45) is 5.73 Å². The van der Waals surface area contributed by atoms with Crippen molar-refractivity contribution in [3.63, 3.8) is 0 Å². The van der Waals surface area contributed by atoms with E-state index in [4.69, 9.17) is 15.5 Å². The van der Waals surface area contributed by atoms with Crippen molar-refractivity contribution in [1.29, 1.82) is 0 Å². The molecule has 0 aliphatic rings. The number of rotatable bonds is 18. The lowest BCUT2D eigenvalue weighted by Crippen LogP contribution is -2.31. The molecule has 0 aliphatic carbocycles. The van der Waals surface area contributed by atoms with Gasteiger partial charge in [-0.15, -0.1) is 0 Å². The summed E-state index contributed by atoms with van der Waals surface area (Å²) < 4.78 is 15.2. The zero-order valence-electron chi connectivity index (χ0n) is 15.8. The fourth-order valence-corrected chi connectivity index (χ4v) is 3.41. The van der Waals surface area contributed by atoms with E-state index in [1.54, 1.807) is 0 Å². The minimum Gasteiger partial charge on any atom is -0.328 e. The van der Waals surface area contributed by atoms with Gasteiger partial charge < -0.3 is 15.5 Å². The molecular formula is C18H38NO5P. The number of hydrogen-bond acceptors (Lipinski definition) is 4. The van der Waals surface area contributed by atoms with Gasteiger partial charge in [-0.1, -0.05) is 84.0 Å². The van der Waals surface area contributed by atoms with Gasteiger partial charge in [0, 0.05) is 13.0 Å². The van der Waals surface area contributed by atoms with Crippen LogP contribution in [0, 0.1) is 0 Å². The fourth-order valence-electron chi connectivity index (χ4n) is 2.88. The highest BCUT2D eigenvalue weighted by Crippen LogP contribution is 2.37. The number of phosphoric acid groups is 1. The maximum atomic E-state index is 11.8. The second-order valence-electron chi connectivity index (χ2n) is 6.78. The lowest BCUT2D eigenvalue weighted by molar-refractivity contribution is -0.126. The van der Waals surface area contributed by atoms with Crippen LogP contribution in [0.4, 0.5) is 0 Å². The van der Waals surface area contributed by atoms with Crippen LogP contribution in [0.15, 0.2) is 0 Å². The third-order valence-electron chi connectivity index (χ3n) is 4.36. The Labute approximate surface area is 153 Å². The van der Waals surface area contributed by atoms with Crippen LogP contribution in [-0.4, -0.2) is 28.2 Å². The zero-order chi connectivity index (χ0) is 19.0. The topological polar surface area (TPSA) is 110 Å². The SMILES string of the molecule is CCCCCCCCCCCCCCCC(=O)C(CN)OP(=O)(O)O. The second-order valence-corrected chi connectivity index (χ2v) is 7.97. The van der Waals surface area contributed by atoms with Crippen molar-refractivity contribution in [2.75, 3.05) is 6.54 Å². The number of phosphoric ester groups is 1. The molecule has 150 valence electrons. The van der Waals surface area contributed by atoms with Crippen LogP contribution in [0.1, 0.15) is 96.8 Å². The minimum absolute atomic E-state index is 0.206. The van der Waals surface area contributed by atoms with Crippen molar-refractivity contribution in [1.82, 2.24) is 0 Å². The van der Waals surface area contributed by atoms with Crippen LogP contribution in [0.3, 0.4) is 0 Å². The first-order chi connectivity index (χ1) is 11.9. The fraction of sp³-hybridized carbons (Fsp3) is 0.944. The van der Waals surface area contributed by atoms with Gasteiger partial charge in [0.05, 0.1) is 0 Å². The largest absolute Gasteiger partial charge is 0.470 e. The highest BCUT2D eigenvalue weighted by atomic mass is 31.2. The Morgan fingerprint density at radius 1 is 0.880 bits per heavy atom. The highest BCUT2D eigenvalue weighted by Gasteiger charge is 2.26. The molecule has 0 aromatic rings. The number of Topliss-reactive ketones (excluding diaryl/α,β-unsaturated/α-hetero) is 1. The van der Waals surface area contributed by atoms with Gasteiger partial charge >= 0.3 is 7.82 Å². The van der Waals surface area contributed by atoms with Crippen LogP contribution < -0.4 is 5.73 Å². The number of ketones is 1. The van der Waals surface area contributed by atoms with Crippen molar-refractivity contribution in [3.05, 3.63) is 0 Å². The van der Waals surface area contributed by atoms with E-state index in [0.717, 1.165) is 19.3 Å². The van der Waals surface area contributed by atoms with Crippen LogP contribution in [0.25, 0.3) is 0 Å². The minimum atomic E-state index is -4.66. The number of carbonyl (C=O) groups is 1. The molecule has 0 aliphatic heterocycles. The molecule has 0 amide bonds. The summed E-state index contributed by atoms with van der Waals surface area (Å²) in [5, 5.41) is 0. The van der Waals surface area contributed by atoms with Gasteiger partial charge in [0.15, 0.2) is 5.78 Å². The lowest BCUT2D eigenvalue weighted by Gasteiger charge is -2.15. The molecule has 0 rings (SSSR count). The number of unbranched alkanes of at least 4 members (excludes halogenated alkanes) is 12. The molecule has 0 aromatic carbocycles. The van der Waals surface area contributed by atoms with E-state index >= 15 is 0 Å². The second kappa shape index (κ2) is 16.0. The number of hydrogen-bond donors (Lipinski definition) is 3. The maximum absolute atomic E-state index is 11.8. The van der Waals surface area contributed by atoms with Crippen molar-refractivity contribution in [2.45, 2.75) is 103 Å². The van der Waals surface area contributed by atoms with Crippen molar-refractivity contribution in [3.8, 4) is 0 Å². The highest BCUT2D eigenvalue weighted by molar-refractivity contribution is 7.46. The average molecular weight is 379 g/mol. The Bertz CT molecular complexity index is 372. The van der Waals surface area contributed by atoms with E-state index in [1.807, 2.05) is 0 Å². The summed E-state index contributed by atoms with van der Waals surface area (Å²) in [6.45, 7) is 2.03. The molecular weight excluding hydrogens is 341 g/mol. The van der Waals surface area contributed by atoms with Crippen LogP contribution >= 0.6 is 7.82 Å². The molecule has 0 bridgehead atoms. The summed E-state index contributed by atoms with van der Waals surface area (Å²) in [7, 11) is -4.66. The molecule has 0 heterocycles. The smallest absolute Gasteiger partial charge is 0.328 e. The summed E-state index contributed by atoms with van der Waals surface area (Å²) in [5.41, 5.74) is 5.34. The molecule has 6 nitrogen and oxygen atoms in total. The Balaban J connectivity index is 3.45.